The lowest BCUT2D eigenvalue weighted by Gasteiger charge is -2.44. The molecular formula is C40H67NO9. The summed E-state index contributed by atoms with van der Waals surface area (Å²) in [5, 5.41) is 24.1. The van der Waals surface area contributed by atoms with Crippen molar-refractivity contribution in [2.45, 2.75) is 180 Å². The van der Waals surface area contributed by atoms with E-state index in [0.29, 0.717) is 32.1 Å². The molecule has 0 saturated carbocycles. The summed E-state index contributed by atoms with van der Waals surface area (Å²) >= 11 is 0. The summed E-state index contributed by atoms with van der Waals surface area (Å²) in [6.07, 6.45) is 0.952. The van der Waals surface area contributed by atoms with Gasteiger partial charge in [-0.3, -0.25) is 4.79 Å². The van der Waals surface area contributed by atoms with Crippen LogP contribution in [0.1, 0.15) is 112 Å². The molecule has 0 unspecified atom stereocenters. The van der Waals surface area contributed by atoms with Crippen LogP contribution in [0.5, 0.6) is 0 Å². The lowest BCUT2D eigenvalue weighted by Crippen LogP contribution is -2.52. The average molecular weight is 706 g/mol. The number of esters is 1. The third-order valence-electron chi connectivity index (χ3n) is 11.6. The maximum Gasteiger partial charge on any atom is 0.311 e. The Kier molecular flexibility index (Phi) is 14.7. The van der Waals surface area contributed by atoms with Crippen molar-refractivity contribution in [2.24, 2.45) is 29.4 Å². The standard InChI is InChI=1S/C40H67NO9/c1-10-33-40(44,22-30-14-12-11-13-15-30)20-25(3)36(42)24(2)16-17-32(48-34-19-31(41)18-26(4)46-34)28(6)37(29(7)38(43)49-33)50-35-23-39(8,45-9)21-27(5)47-35/h11-15,24-29,31-37,42,44H,10,16-23,41H2,1-9H3/t24-,25-,26-,27+,28-,29-,31+,32+,33-,34+,35+,36+,37+,39+,40-/m1/s1. The molecule has 0 aliphatic carbocycles. The molecule has 3 heterocycles. The smallest absolute Gasteiger partial charge is 0.311 e. The monoisotopic (exact) mass is 705 g/mol. The predicted octanol–water partition coefficient (Wildman–Crippen LogP) is 5.92. The Hall–Kier alpha value is -1.63. The molecule has 0 aromatic heterocycles. The first-order valence-corrected chi connectivity index (χ1v) is 19.1. The fourth-order valence-corrected chi connectivity index (χ4v) is 8.67. The van der Waals surface area contributed by atoms with Gasteiger partial charge in [0.15, 0.2) is 12.6 Å². The van der Waals surface area contributed by atoms with Crippen molar-refractivity contribution >= 4 is 5.97 Å². The van der Waals surface area contributed by atoms with Gasteiger partial charge in [0.1, 0.15) is 11.7 Å². The van der Waals surface area contributed by atoms with Gasteiger partial charge in [-0.1, -0.05) is 58.0 Å². The first-order valence-electron chi connectivity index (χ1n) is 19.1. The number of rotatable bonds is 8. The van der Waals surface area contributed by atoms with Gasteiger partial charge in [0.05, 0.1) is 42.0 Å². The Balaban J connectivity index is 1.72. The lowest BCUT2D eigenvalue weighted by atomic mass is 9.76. The normalized spacial score (nSPS) is 44.2. The highest BCUT2D eigenvalue weighted by Gasteiger charge is 2.47. The van der Waals surface area contributed by atoms with E-state index in [1.807, 2.05) is 71.9 Å². The van der Waals surface area contributed by atoms with E-state index < -0.39 is 54.0 Å². The molecule has 50 heavy (non-hydrogen) atoms. The van der Waals surface area contributed by atoms with Crippen molar-refractivity contribution < 1.29 is 43.4 Å². The lowest BCUT2D eigenvalue weighted by molar-refractivity contribution is -0.276. The molecule has 0 spiro atoms. The van der Waals surface area contributed by atoms with Gasteiger partial charge in [0, 0.05) is 44.8 Å². The number of cyclic esters (lactones) is 1. The summed E-state index contributed by atoms with van der Waals surface area (Å²) in [6, 6.07) is 9.72. The zero-order valence-corrected chi connectivity index (χ0v) is 32.1. The van der Waals surface area contributed by atoms with E-state index in [4.69, 9.17) is 34.2 Å². The second-order valence-corrected chi connectivity index (χ2v) is 16.3. The van der Waals surface area contributed by atoms with Crippen LogP contribution in [-0.4, -0.2) is 89.7 Å². The summed E-state index contributed by atoms with van der Waals surface area (Å²) in [6.45, 7) is 15.9. The van der Waals surface area contributed by atoms with Crippen LogP contribution < -0.4 is 5.73 Å². The van der Waals surface area contributed by atoms with Crippen LogP contribution in [0, 0.1) is 23.7 Å². The number of aliphatic hydroxyl groups excluding tert-OH is 1. The Morgan fingerprint density at radius 2 is 1.58 bits per heavy atom. The highest BCUT2D eigenvalue weighted by atomic mass is 16.7. The molecule has 1 aromatic carbocycles. The molecule has 286 valence electrons. The maximum atomic E-state index is 14.3. The van der Waals surface area contributed by atoms with Crippen LogP contribution in [0.25, 0.3) is 0 Å². The molecule has 10 nitrogen and oxygen atoms in total. The Morgan fingerprint density at radius 1 is 0.900 bits per heavy atom. The summed E-state index contributed by atoms with van der Waals surface area (Å²) in [5.41, 5.74) is 5.48. The number of hydrogen-bond acceptors (Lipinski definition) is 10. The molecule has 3 saturated heterocycles. The van der Waals surface area contributed by atoms with Gasteiger partial charge in [-0.25, -0.2) is 0 Å². The zero-order chi connectivity index (χ0) is 36.8. The van der Waals surface area contributed by atoms with Crippen LogP contribution in [0.4, 0.5) is 0 Å². The largest absolute Gasteiger partial charge is 0.459 e. The first kappa shape index (κ1) is 41.1. The van der Waals surface area contributed by atoms with Gasteiger partial charge in [-0.15, -0.1) is 0 Å². The number of carbonyl (C=O) groups excluding carboxylic acids is 1. The van der Waals surface area contributed by atoms with E-state index in [0.717, 1.165) is 18.4 Å². The van der Waals surface area contributed by atoms with E-state index in [-0.39, 0.29) is 54.9 Å². The predicted molar refractivity (Wildman–Crippen MR) is 192 cm³/mol. The molecule has 3 aliphatic rings. The van der Waals surface area contributed by atoms with E-state index in [2.05, 4.69) is 13.8 Å². The maximum absolute atomic E-state index is 14.3. The molecule has 3 fully saturated rings. The molecule has 15 atom stereocenters. The quantitative estimate of drug-likeness (QED) is 0.279. The number of aliphatic hydroxyl groups is 2. The number of benzene rings is 1. The summed E-state index contributed by atoms with van der Waals surface area (Å²) in [4.78, 5) is 14.3. The van der Waals surface area contributed by atoms with Crippen molar-refractivity contribution in [1.82, 2.24) is 0 Å². The molecule has 0 amide bonds. The Labute approximate surface area is 301 Å². The zero-order valence-electron chi connectivity index (χ0n) is 32.1. The average Bonchev–Trinajstić information content (AvgIpc) is 3.05. The van der Waals surface area contributed by atoms with Gasteiger partial charge in [-0.2, -0.15) is 0 Å². The van der Waals surface area contributed by atoms with Crippen molar-refractivity contribution in [3.63, 3.8) is 0 Å². The second-order valence-electron chi connectivity index (χ2n) is 16.3. The molecule has 0 bridgehead atoms. The highest BCUT2D eigenvalue weighted by Crippen LogP contribution is 2.39. The number of carbonyl (C=O) groups is 1. The number of ether oxygens (including phenoxy) is 6. The summed E-state index contributed by atoms with van der Waals surface area (Å²) in [7, 11) is 1.71. The van der Waals surface area contributed by atoms with Gasteiger partial charge < -0.3 is 44.4 Å². The third kappa shape index (κ3) is 10.7. The minimum absolute atomic E-state index is 0.0374. The van der Waals surface area contributed by atoms with Crippen LogP contribution in [0.15, 0.2) is 30.3 Å². The number of methoxy groups -OCH3 is 1. The molecule has 1 aromatic rings. The topological polar surface area (TPSA) is 139 Å². The summed E-state index contributed by atoms with van der Waals surface area (Å²) in [5.74, 6) is -1.85. The Morgan fingerprint density at radius 3 is 2.22 bits per heavy atom. The van der Waals surface area contributed by atoms with E-state index in [1.165, 1.54) is 0 Å². The molecular weight excluding hydrogens is 638 g/mol. The molecule has 4 N–H and O–H groups in total. The van der Waals surface area contributed by atoms with E-state index in [1.54, 1.807) is 7.11 Å². The van der Waals surface area contributed by atoms with Crippen LogP contribution >= 0.6 is 0 Å². The van der Waals surface area contributed by atoms with Gasteiger partial charge in [-0.05, 0) is 77.2 Å². The highest BCUT2D eigenvalue weighted by molar-refractivity contribution is 5.73. The minimum atomic E-state index is -1.40. The van der Waals surface area contributed by atoms with Crippen molar-refractivity contribution in [2.75, 3.05) is 7.11 Å². The summed E-state index contributed by atoms with van der Waals surface area (Å²) < 4.78 is 38.4. The van der Waals surface area contributed by atoms with Crippen molar-refractivity contribution in [3.05, 3.63) is 35.9 Å². The van der Waals surface area contributed by atoms with Gasteiger partial charge >= 0.3 is 5.97 Å². The number of nitrogens with two attached hydrogens (primary N) is 1. The Bertz CT molecular complexity index is 1180. The number of hydrogen-bond donors (Lipinski definition) is 3. The fourth-order valence-electron chi connectivity index (χ4n) is 8.67. The van der Waals surface area contributed by atoms with E-state index >= 15 is 0 Å². The van der Waals surface area contributed by atoms with Crippen LogP contribution in [0.3, 0.4) is 0 Å². The molecule has 10 heteroatoms. The first-order chi connectivity index (χ1) is 23.6. The van der Waals surface area contributed by atoms with Crippen molar-refractivity contribution in [3.8, 4) is 0 Å². The fraction of sp³-hybridized carbons (Fsp3) is 0.825. The second kappa shape index (κ2) is 17.9. The SMILES string of the molecule is CC[C@H]1OC(=O)[C@H](C)[C@@H](O[C@H]2C[C@@](C)(OC)C[C@H](C)O2)[C@H](C)[C@@H](O[C@H]2C[C@@H](N)C[C@@H](C)O2)CC[C@@H](C)[C@H](O)[C@H](C)C[C@@]1(O)Cc1ccccc1. The molecule has 4 rings (SSSR count). The molecule has 3 aliphatic heterocycles. The van der Waals surface area contributed by atoms with Crippen molar-refractivity contribution in [1.29, 1.82) is 0 Å². The third-order valence-corrected chi connectivity index (χ3v) is 11.6. The van der Waals surface area contributed by atoms with E-state index in [9.17, 15) is 15.0 Å². The minimum Gasteiger partial charge on any atom is -0.459 e. The van der Waals surface area contributed by atoms with Crippen LogP contribution in [-0.2, 0) is 39.6 Å². The molecule has 0 radical (unpaired) electrons. The van der Waals surface area contributed by atoms with Gasteiger partial charge in [0.25, 0.3) is 0 Å². The van der Waals surface area contributed by atoms with Gasteiger partial charge in [0.2, 0.25) is 0 Å². The van der Waals surface area contributed by atoms with Crippen LogP contribution in [0.2, 0.25) is 0 Å².